The first-order valence-corrected chi connectivity index (χ1v) is 7.33. The van der Waals surface area contributed by atoms with Gasteiger partial charge < -0.3 is 4.42 Å². The molecule has 0 spiro atoms. The molecule has 1 atom stereocenters. The minimum absolute atomic E-state index is 0.155. The van der Waals surface area contributed by atoms with E-state index < -0.39 is 0 Å². The van der Waals surface area contributed by atoms with E-state index in [1.165, 1.54) is 16.3 Å². The number of hydrogen-bond donors (Lipinski definition) is 0. The molecule has 1 nitrogen and oxygen atoms in total. The van der Waals surface area contributed by atoms with Crippen LogP contribution in [0.3, 0.4) is 0 Å². The number of benzene rings is 2. The Hall–Kier alpha value is -1.25. The van der Waals surface area contributed by atoms with Crippen LogP contribution in [0.2, 0.25) is 0 Å². The molecule has 0 N–H and O–H groups in total. The van der Waals surface area contributed by atoms with Crippen molar-refractivity contribution in [2.75, 3.05) is 0 Å². The molecule has 3 rings (SSSR count). The van der Waals surface area contributed by atoms with Gasteiger partial charge in [0.1, 0.15) is 5.76 Å². The summed E-state index contributed by atoms with van der Waals surface area (Å²) in [6.45, 7) is 0. The summed E-state index contributed by atoms with van der Waals surface area (Å²) in [4.78, 5) is 0. The zero-order valence-corrected chi connectivity index (χ0v) is 12.5. The second-order valence-electron chi connectivity index (χ2n) is 4.45. The fraction of sp³-hybridized carbons (Fsp3) is 0.125. The molecule has 0 fully saturated rings. The van der Waals surface area contributed by atoms with Gasteiger partial charge in [-0.15, -0.1) is 11.6 Å². The summed E-state index contributed by atoms with van der Waals surface area (Å²) >= 11 is 9.74. The second-order valence-corrected chi connectivity index (χ2v) is 5.76. The first kappa shape index (κ1) is 12.8. The monoisotopic (exact) mass is 334 g/mol. The minimum atomic E-state index is -0.155. The van der Waals surface area contributed by atoms with Crippen molar-refractivity contribution >= 4 is 38.3 Å². The molecule has 96 valence electrons. The normalized spacial score (nSPS) is 12.7. The van der Waals surface area contributed by atoms with Crippen LogP contribution in [-0.4, -0.2) is 0 Å². The van der Waals surface area contributed by atoms with Gasteiger partial charge in [0.25, 0.3) is 0 Å². The van der Waals surface area contributed by atoms with E-state index in [0.29, 0.717) is 4.67 Å². The maximum absolute atomic E-state index is 6.44. The van der Waals surface area contributed by atoms with Crippen LogP contribution in [0, 0.1) is 0 Å². The van der Waals surface area contributed by atoms with E-state index in [-0.39, 0.29) is 5.38 Å². The van der Waals surface area contributed by atoms with E-state index in [0.717, 1.165) is 12.2 Å². The van der Waals surface area contributed by atoms with E-state index in [2.05, 4.69) is 52.3 Å². The highest BCUT2D eigenvalue weighted by atomic mass is 79.9. The first-order chi connectivity index (χ1) is 9.24. The molecule has 19 heavy (non-hydrogen) atoms. The molecule has 0 aliphatic heterocycles. The van der Waals surface area contributed by atoms with Crippen molar-refractivity contribution in [3.8, 4) is 0 Å². The average Bonchev–Trinajstić information content (AvgIpc) is 2.86. The minimum Gasteiger partial charge on any atom is -0.453 e. The Labute approximate surface area is 125 Å². The van der Waals surface area contributed by atoms with E-state index >= 15 is 0 Å². The molecule has 1 unspecified atom stereocenters. The third-order valence-electron chi connectivity index (χ3n) is 3.18. The molecule has 0 saturated heterocycles. The fourth-order valence-electron chi connectivity index (χ4n) is 2.26. The molecule has 0 radical (unpaired) electrons. The van der Waals surface area contributed by atoms with Gasteiger partial charge in [-0.25, -0.2) is 0 Å². The van der Waals surface area contributed by atoms with Crippen LogP contribution in [0.15, 0.2) is 63.7 Å². The molecule has 3 aromatic rings. The van der Waals surface area contributed by atoms with Crippen molar-refractivity contribution in [1.82, 2.24) is 0 Å². The van der Waals surface area contributed by atoms with Crippen molar-refractivity contribution in [3.63, 3.8) is 0 Å². The lowest BCUT2D eigenvalue weighted by molar-refractivity contribution is 0.482. The molecule has 0 aliphatic carbocycles. The second kappa shape index (κ2) is 5.40. The first-order valence-electron chi connectivity index (χ1n) is 6.10. The molecule has 0 saturated carbocycles. The van der Waals surface area contributed by atoms with Gasteiger partial charge in [-0.1, -0.05) is 42.5 Å². The standard InChI is InChI=1S/C16H12BrClO/c17-16-9-8-15(19-16)14(18)10-12-6-3-5-11-4-1-2-7-13(11)12/h1-9,14H,10H2. The Kier molecular flexibility index (Phi) is 3.63. The molecule has 1 aromatic heterocycles. The lowest BCUT2D eigenvalue weighted by Gasteiger charge is -2.09. The molecular weight excluding hydrogens is 324 g/mol. The maximum Gasteiger partial charge on any atom is 0.169 e. The zero-order chi connectivity index (χ0) is 13.2. The highest BCUT2D eigenvalue weighted by Crippen LogP contribution is 2.30. The predicted molar refractivity (Wildman–Crippen MR) is 82.7 cm³/mol. The summed E-state index contributed by atoms with van der Waals surface area (Å²) in [7, 11) is 0. The topological polar surface area (TPSA) is 13.1 Å². The van der Waals surface area contributed by atoms with Crippen LogP contribution in [-0.2, 0) is 6.42 Å². The van der Waals surface area contributed by atoms with Gasteiger partial charge in [-0.05, 0) is 50.8 Å². The Morgan fingerprint density at radius 1 is 1.00 bits per heavy atom. The Balaban J connectivity index is 1.93. The number of alkyl halides is 1. The summed E-state index contributed by atoms with van der Waals surface area (Å²) in [5, 5.41) is 2.34. The van der Waals surface area contributed by atoms with Crippen molar-refractivity contribution in [2.45, 2.75) is 11.8 Å². The third kappa shape index (κ3) is 2.70. The average molecular weight is 336 g/mol. The molecule has 0 aliphatic rings. The largest absolute Gasteiger partial charge is 0.453 e. The number of halogens is 2. The number of rotatable bonds is 3. The highest BCUT2D eigenvalue weighted by Gasteiger charge is 2.14. The van der Waals surface area contributed by atoms with Crippen LogP contribution in [0.5, 0.6) is 0 Å². The molecular formula is C16H12BrClO. The van der Waals surface area contributed by atoms with Crippen LogP contribution in [0.1, 0.15) is 16.7 Å². The summed E-state index contributed by atoms with van der Waals surface area (Å²) in [6, 6.07) is 18.4. The van der Waals surface area contributed by atoms with E-state index in [1.807, 2.05) is 18.2 Å². The van der Waals surface area contributed by atoms with Crippen molar-refractivity contribution < 1.29 is 4.42 Å². The highest BCUT2D eigenvalue weighted by molar-refractivity contribution is 9.10. The van der Waals surface area contributed by atoms with Gasteiger partial charge in [0.05, 0.1) is 5.38 Å². The summed E-state index contributed by atoms with van der Waals surface area (Å²) in [5.41, 5.74) is 1.24. The quantitative estimate of drug-likeness (QED) is 0.558. The zero-order valence-electron chi connectivity index (χ0n) is 10.1. The van der Waals surface area contributed by atoms with Gasteiger partial charge in [0, 0.05) is 0 Å². The van der Waals surface area contributed by atoms with E-state index in [4.69, 9.17) is 16.0 Å². The smallest absolute Gasteiger partial charge is 0.169 e. The fourth-order valence-corrected chi connectivity index (χ4v) is 2.86. The van der Waals surface area contributed by atoms with Gasteiger partial charge >= 0.3 is 0 Å². The van der Waals surface area contributed by atoms with Crippen LogP contribution < -0.4 is 0 Å². The number of fused-ring (bicyclic) bond motifs is 1. The summed E-state index contributed by atoms with van der Waals surface area (Å²) in [5.74, 6) is 0.793. The van der Waals surface area contributed by atoms with Crippen molar-refractivity contribution in [2.24, 2.45) is 0 Å². The van der Waals surface area contributed by atoms with Gasteiger partial charge in [-0.2, -0.15) is 0 Å². The van der Waals surface area contributed by atoms with Crippen molar-refractivity contribution in [3.05, 3.63) is 70.6 Å². The Morgan fingerprint density at radius 3 is 2.58 bits per heavy atom. The third-order valence-corrected chi connectivity index (χ3v) is 3.98. The SMILES string of the molecule is ClC(Cc1cccc2ccccc12)c1ccc(Br)o1. The van der Waals surface area contributed by atoms with E-state index in [1.54, 1.807) is 0 Å². The lowest BCUT2D eigenvalue weighted by Crippen LogP contribution is -1.95. The Morgan fingerprint density at radius 2 is 1.79 bits per heavy atom. The molecule has 1 heterocycles. The molecule has 2 aromatic carbocycles. The predicted octanol–water partition coefficient (Wildman–Crippen LogP) is 5.72. The van der Waals surface area contributed by atoms with Crippen molar-refractivity contribution in [1.29, 1.82) is 0 Å². The maximum atomic E-state index is 6.44. The summed E-state index contributed by atoms with van der Waals surface area (Å²) < 4.78 is 6.23. The summed E-state index contributed by atoms with van der Waals surface area (Å²) in [6.07, 6.45) is 0.753. The van der Waals surface area contributed by atoms with Crippen LogP contribution in [0.25, 0.3) is 10.8 Å². The Bertz CT molecular complexity index is 699. The van der Waals surface area contributed by atoms with Crippen LogP contribution in [0.4, 0.5) is 0 Å². The lowest BCUT2D eigenvalue weighted by atomic mass is 10.0. The van der Waals surface area contributed by atoms with E-state index in [9.17, 15) is 0 Å². The van der Waals surface area contributed by atoms with Gasteiger partial charge in [-0.3, -0.25) is 0 Å². The number of hydrogen-bond acceptors (Lipinski definition) is 1. The molecule has 0 bridgehead atoms. The molecule has 3 heteroatoms. The van der Waals surface area contributed by atoms with Gasteiger partial charge in [0.2, 0.25) is 0 Å². The molecule has 0 amide bonds. The number of furan rings is 1. The van der Waals surface area contributed by atoms with Gasteiger partial charge in [0.15, 0.2) is 4.67 Å². The van der Waals surface area contributed by atoms with Crippen LogP contribution >= 0.6 is 27.5 Å².